The third-order valence-corrected chi connectivity index (χ3v) is 6.52. The molecule has 5 rings (SSSR count). The standard InChI is InChI=1S/C29H22F3N3O3/c30-29(31,32)25-14-8-7-13-23(25)27-33(18-20-9-3-1-4-10-20)26-16-15-22(35(37)38)17-24(26)28(36)34(27)19-21-11-5-2-6-12-21/h1-17,27H,18-19H2/t27-/m1/s1. The Balaban J connectivity index is 1.76. The number of fused-ring (bicyclic) bond motifs is 1. The highest BCUT2D eigenvalue weighted by Crippen LogP contribution is 2.45. The predicted molar refractivity (Wildman–Crippen MR) is 136 cm³/mol. The van der Waals surface area contributed by atoms with Gasteiger partial charge >= 0.3 is 6.18 Å². The lowest BCUT2D eigenvalue weighted by Gasteiger charge is -2.46. The second-order valence-corrected chi connectivity index (χ2v) is 8.95. The Kier molecular flexibility index (Phi) is 6.59. The molecule has 1 heterocycles. The molecular weight excluding hydrogens is 495 g/mol. The van der Waals surface area contributed by atoms with Gasteiger partial charge in [-0.25, -0.2) is 0 Å². The van der Waals surface area contributed by atoms with Crippen molar-refractivity contribution in [3.8, 4) is 0 Å². The van der Waals surface area contributed by atoms with Crippen LogP contribution in [0.1, 0.15) is 38.8 Å². The van der Waals surface area contributed by atoms with E-state index in [0.29, 0.717) is 11.3 Å². The molecule has 0 aromatic heterocycles. The first-order valence-electron chi connectivity index (χ1n) is 11.8. The van der Waals surface area contributed by atoms with Crippen molar-refractivity contribution in [2.75, 3.05) is 4.90 Å². The molecule has 0 saturated heterocycles. The summed E-state index contributed by atoms with van der Waals surface area (Å²) in [6.07, 6.45) is -5.79. The fourth-order valence-electron chi connectivity index (χ4n) is 4.83. The maximum absolute atomic E-state index is 14.2. The SMILES string of the molecule is O=C1c2cc([N+](=O)[O-])ccc2N(Cc2ccccc2)[C@@H](c2ccccc2C(F)(F)F)N1Cc1ccccc1. The molecule has 0 N–H and O–H groups in total. The van der Waals surface area contributed by atoms with E-state index in [0.717, 1.165) is 11.6 Å². The Labute approximate surface area is 216 Å². The van der Waals surface area contributed by atoms with Gasteiger partial charge in [0, 0.05) is 30.8 Å². The predicted octanol–water partition coefficient (Wildman–Crippen LogP) is 6.98. The van der Waals surface area contributed by atoms with Gasteiger partial charge in [0.15, 0.2) is 0 Å². The zero-order chi connectivity index (χ0) is 26.9. The summed E-state index contributed by atoms with van der Waals surface area (Å²) in [7, 11) is 0. The van der Waals surface area contributed by atoms with E-state index in [9.17, 15) is 28.1 Å². The van der Waals surface area contributed by atoms with E-state index in [2.05, 4.69) is 0 Å². The van der Waals surface area contributed by atoms with E-state index in [4.69, 9.17) is 0 Å². The summed E-state index contributed by atoms with van der Waals surface area (Å²) >= 11 is 0. The smallest absolute Gasteiger partial charge is 0.342 e. The van der Waals surface area contributed by atoms with Crippen LogP contribution in [0.5, 0.6) is 0 Å². The van der Waals surface area contributed by atoms with Crippen LogP contribution in [0.3, 0.4) is 0 Å². The van der Waals surface area contributed by atoms with Gasteiger partial charge in [-0.05, 0) is 23.3 Å². The summed E-state index contributed by atoms with van der Waals surface area (Å²) in [5.41, 5.74) is 0.709. The molecule has 0 aliphatic carbocycles. The van der Waals surface area contributed by atoms with Crippen LogP contribution in [0.4, 0.5) is 24.5 Å². The van der Waals surface area contributed by atoms with Crippen molar-refractivity contribution >= 4 is 17.3 Å². The van der Waals surface area contributed by atoms with Gasteiger partial charge in [0.25, 0.3) is 11.6 Å². The number of nitro benzene ring substituents is 1. The lowest BCUT2D eigenvalue weighted by atomic mass is 9.95. The minimum absolute atomic E-state index is 0.00392. The highest BCUT2D eigenvalue weighted by Gasteiger charge is 2.44. The first kappa shape index (κ1) is 25.0. The molecule has 1 aliphatic rings. The Morgan fingerprint density at radius 2 is 1.32 bits per heavy atom. The van der Waals surface area contributed by atoms with Gasteiger partial charge in [-0.2, -0.15) is 13.2 Å². The number of hydrogen-bond acceptors (Lipinski definition) is 4. The van der Waals surface area contributed by atoms with Crippen molar-refractivity contribution in [2.45, 2.75) is 25.4 Å². The van der Waals surface area contributed by atoms with Crippen molar-refractivity contribution in [1.82, 2.24) is 4.90 Å². The molecule has 192 valence electrons. The van der Waals surface area contributed by atoms with Gasteiger partial charge in [-0.1, -0.05) is 78.9 Å². The number of non-ortho nitro benzene ring substituents is 1. The molecule has 38 heavy (non-hydrogen) atoms. The first-order valence-corrected chi connectivity index (χ1v) is 11.8. The van der Waals surface area contributed by atoms with Crippen molar-refractivity contribution in [2.24, 2.45) is 0 Å². The molecule has 4 aromatic carbocycles. The van der Waals surface area contributed by atoms with Crippen LogP contribution in [0.2, 0.25) is 0 Å². The highest BCUT2D eigenvalue weighted by molar-refractivity contribution is 6.02. The van der Waals surface area contributed by atoms with E-state index in [-0.39, 0.29) is 29.9 Å². The van der Waals surface area contributed by atoms with Crippen molar-refractivity contribution in [3.63, 3.8) is 0 Å². The number of amides is 1. The topological polar surface area (TPSA) is 66.7 Å². The summed E-state index contributed by atoms with van der Waals surface area (Å²) in [5.74, 6) is -0.584. The van der Waals surface area contributed by atoms with Crippen LogP contribution >= 0.6 is 0 Å². The number of anilines is 1. The largest absolute Gasteiger partial charge is 0.416 e. The van der Waals surface area contributed by atoms with Crippen molar-refractivity contribution < 1.29 is 22.9 Å². The maximum atomic E-state index is 14.2. The van der Waals surface area contributed by atoms with Gasteiger partial charge in [0.05, 0.1) is 21.7 Å². The van der Waals surface area contributed by atoms with E-state index >= 15 is 0 Å². The summed E-state index contributed by atoms with van der Waals surface area (Å²) in [4.78, 5) is 27.9. The number of halogens is 3. The first-order chi connectivity index (χ1) is 18.2. The molecule has 9 heteroatoms. The minimum atomic E-state index is -4.66. The van der Waals surface area contributed by atoms with E-state index in [1.54, 1.807) is 35.2 Å². The molecule has 0 unspecified atom stereocenters. The number of benzene rings is 4. The second-order valence-electron chi connectivity index (χ2n) is 8.95. The lowest BCUT2D eigenvalue weighted by Crippen LogP contribution is -2.49. The van der Waals surface area contributed by atoms with Gasteiger partial charge < -0.3 is 9.80 Å². The number of carbonyl (C=O) groups excluding carboxylic acids is 1. The summed E-state index contributed by atoms with van der Waals surface area (Å²) in [5, 5.41) is 11.5. The highest BCUT2D eigenvalue weighted by atomic mass is 19.4. The van der Waals surface area contributed by atoms with E-state index in [1.165, 1.54) is 41.3 Å². The summed E-state index contributed by atoms with van der Waals surface area (Å²) in [6, 6.07) is 27.2. The molecule has 1 atom stereocenters. The Morgan fingerprint density at radius 3 is 1.89 bits per heavy atom. The fourth-order valence-corrected chi connectivity index (χ4v) is 4.83. The van der Waals surface area contributed by atoms with Crippen LogP contribution in [-0.2, 0) is 19.3 Å². The lowest BCUT2D eigenvalue weighted by molar-refractivity contribution is -0.384. The number of carbonyl (C=O) groups is 1. The zero-order valence-corrected chi connectivity index (χ0v) is 20.0. The number of nitrogens with zero attached hydrogens (tertiary/aromatic N) is 3. The molecule has 0 saturated carbocycles. The molecule has 0 radical (unpaired) electrons. The second kappa shape index (κ2) is 10.0. The Morgan fingerprint density at radius 1 is 0.763 bits per heavy atom. The van der Waals surface area contributed by atoms with Gasteiger partial charge in [-0.15, -0.1) is 0 Å². The number of hydrogen-bond donors (Lipinski definition) is 0. The molecule has 6 nitrogen and oxygen atoms in total. The van der Waals surface area contributed by atoms with Gasteiger partial charge in [0.2, 0.25) is 0 Å². The van der Waals surface area contributed by atoms with Crippen molar-refractivity contribution in [1.29, 1.82) is 0 Å². The zero-order valence-electron chi connectivity index (χ0n) is 20.0. The fraction of sp³-hybridized carbons (Fsp3) is 0.138. The van der Waals surface area contributed by atoms with E-state index in [1.807, 2.05) is 30.3 Å². The number of nitro groups is 1. The Hall–Kier alpha value is -4.66. The van der Waals surface area contributed by atoms with Crippen LogP contribution in [0, 0.1) is 10.1 Å². The quantitative estimate of drug-likeness (QED) is 0.205. The third-order valence-electron chi connectivity index (χ3n) is 6.52. The van der Waals surface area contributed by atoms with Crippen LogP contribution < -0.4 is 4.90 Å². The normalized spacial score (nSPS) is 15.3. The molecule has 1 amide bonds. The summed E-state index contributed by atoms with van der Waals surface area (Å²) < 4.78 is 42.7. The molecule has 4 aromatic rings. The van der Waals surface area contributed by atoms with Crippen LogP contribution in [-0.4, -0.2) is 15.7 Å². The third kappa shape index (κ3) is 4.82. The van der Waals surface area contributed by atoms with E-state index < -0.39 is 28.7 Å². The number of rotatable bonds is 6. The molecular formula is C29H22F3N3O3. The monoisotopic (exact) mass is 517 g/mol. The van der Waals surface area contributed by atoms with Gasteiger partial charge in [0.1, 0.15) is 6.17 Å². The molecule has 0 spiro atoms. The Bertz CT molecular complexity index is 1480. The average molecular weight is 518 g/mol. The molecule has 0 fully saturated rings. The number of alkyl halides is 3. The van der Waals surface area contributed by atoms with Crippen LogP contribution in [0.25, 0.3) is 0 Å². The molecule has 0 bridgehead atoms. The minimum Gasteiger partial charge on any atom is -0.342 e. The molecule has 1 aliphatic heterocycles. The average Bonchev–Trinajstić information content (AvgIpc) is 2.92. The van der Waals surface area contributed by atoms with Crippen LogP contribution in [0.15, 0.2) is 103 Å². The van der Waals surface area contributed by atoms with Gasteiger partial charge in [-0.3, -0.25) is 14.9 Å². The van der Waals surface area contributed by atoms with Crippen molar-refractivity contribution in [3.05, 3.63) is 141 Å². The maximum Gasteiger partial charge on any atom is 0.416 e. The summed E-state index contributed by atoms with van der Waals surface area (Å²) in [6.45, 7) is 0.172.